The average molecular weight is 321 g/mol. The fourth-order valence-electron chi connectivity index (χ4n) is 2.05. The van der Waals surface area contributed by atoms with Crippen molar-refractivity contribution in [1.29, 1.82) is 0 Å². The molecule has 2 aromatic carbocycles. The van der Waals surface area contributed by atoms with E-state index in [4.69, 9.17) is 11.6 Å². The number of likely N-dealkylation sites (N-methyl/N-ethyl adjacent to an activating group) is 1. The van der Waals surface area contributed by atoms with Gasteiger partial charge in [-0.05, 0) is 38.2 Å². The highest BCUT2D eigenvalue weighted by Crippen LogP contribution is 2.16. The Kier molecular flexibility index (Phi) is 5.52. The Morgan fingerprint density at radius 1 is 1.27 bits per heavy atom. The second kappa shape index (κ2) is 7.38. The van der Waals surface area contributed by atoms with Gasteiger partial charge in [0.1, 0.15) is 5.82 Å². The summed E-state index contributed by atoms with van der Waals surface area (Å²) in [4.78, 5) is 14.0. The molecule has 0 fully saturated rings. The van der Waals surface area contributed by atoms with Gasteiger partial charge in [-0.25, -0.2) is 4.39 Å². The van der Waals surface area contributed by atoms with E-state index in [0.29, 0.717) is 22.8 Å². The van der Waals surface area contributed by atoms with Crippen molar-refractivity contribution < 1.29 is 9.18 Å². The van der Waals surface area contributed by atoms with E-state index in [-0.39, 0.29) is 11.7 Å². The number of nitrogens with zero attached hydrogens (tertiary/aromatic N) is 1. The van der Waals surface area contributed by atoms with Crippen molar-refractivity contribution in [3.63, 3.8) is 0 Å². The van der Waals surface area contributed by atoms with E-state index in [1.54, 1.807) is 61.3 Å². The number of benzene rings is 2. The fourth-order valence-corrected chi connectivity index (χ4v) is 2.24. The Hall–Kier alpha value is -1.91. The number of nitrogens with one attached hydrogen (secondary N) is 1. The molecule has 0 radical (unpaired) electrons. The highest BCUT2D eigenvalue weighted by atomic mass is 35.5. The molecule has 0 aliphatic rings. The van der Waals surface area contributed by atoms with Crippen LogP contribution in [0.5, 0.6) is 0 Å². The molecule has 2 rings (SSSR count). The van der Waals surface area contributed by atoms with Gasteiger partial charge in [-0.1, -0.05) is 35.9 Å². The number of anilines is 1. The minimum absolute atomic E-state index is 0.166. The van der Waals surface area contributed by atoms with Crippen LogP contribution in [0.15, 0.2) is 48.5 Å². The number of halogens is 2. The SMILES string of the molecule is CC(C(=O)Nc1cccc(Cl)c1)N(C)Cc1ccccc1F. The van der Waals surface area contributed by atoms with Crippen LogP contribution in [0.1, 0.15) is 12.5 Å². The maximum absolute atomic E-state index is 13.7. The maximum Gasteiger partial charge on any atom is 0.241 e. The highest BCUT2D eigenvalue weighted by molar-refractivity contribution is 6.30. The molecule has 0 aliphatic heterocycles. The zero-order chi connectivity index (χ0) is 16.1. The Morgan fingerprint density at radius 2 is 2.00 bits per heavy atom. The number of carbonyl (C=O) groups is 1. The standard InChI is InChI=1S/C17H18ClFN2O/c1-12(17(22)20-15-8-5-7-14(18)10-15)21(2)11-13-6-3-4-9-16(13)19/h3-10,12H,11H2,1-2H3,(H,20,22). The zero-order valence-corrected chi connectivity index (χ0v) is 13.3. The second-order valence-electron chi connectivity index (χ2n) is 5.18. The molecule has 0 saturated heterocycles. The molecule has 0 bridgehead atoms. The predicted octanol–water partition coefficient (Wildman–Crippen LogP) is 3.94. The summed E-state index contributed by atoms with van der Waals surface area (Å²) in [5, 5.41) is 3.37. The van der Waals surface area contributed by atoms with Gasteiger partial charge >= 0.3 is 0 Å². The third-order valence-corrected chi connectivity index (χ3v) is 3.75. The van der Waals surface area contributed by atoms with Crippen molar-refractivity contribution in [2.24, 2.45) is 0 Å². The number of hydrogen-bond donors (Lipinski definition) is 1. The number of amides is 1. The van der Waals surface area contributed by atoms with Crippen molar-refractivity contribution >= 4 is 23.2 Å². The van der Waals surface area contributed by atoms with Gasteiger partial charge in [0, 0.05) is 22.8 Å². The van der Waals surface area contributed by atoms with Gasteiger partial charge in [-0.2, -0.15) is 0 Å². The minimum Gasteiger partial charge on any atom is -0.325 e. The molecule has 1 amide bonds. The van der Waals surface area contributed by atoms with Crippen LogP contribution in [0.25, 0.3) is 0 Å². The normalized spacial score (nSPS) is 12.2. The predicted molar refractivity (Wildman–Crippen MR) is 87.4 cm³/mol. The molecule has 0 aromatic heterocycles. The topological polar surface area (TPSA) is 32.3 Å². The molecule has 1 unspecified atom stereocenters. The Balaban J connectivity index is 1.99. The molecule has 3 nitrogen and oxygen atoms in total. The van der Waals surface area contributed by atoms with E-state index < -0.39 is 6.04 Å². The van der Waals surface area contributed by atoms with Crippen molar-refractivity contribution in [3.8, 4) is 0 Å². The first kappa shape index (κ1) is 16.5. The van der Waals surface area contributed by atoms with Gasteiger partial charge in [0.2, 0.25) is 5.91 Å². The molecule has 2 aromatic rings. The molecule has 22 heavy (non-hydrogen) atoms. The molecular weight excluding hydrogens is 303 g/mol. The molecule has 0 saturated carbocycles. The molecule has 1 N–H and O–H groups in total. The first-order chi connectivity index (χ1) is 10.5. The van der Waals surface area contributed by atoms with Crippen molar-refractivity contribution in [2.45, 2.75) is 19.5 Å². The van der Waals surface area contributed by atoms with Crippen LogP contribution in [-0.4, -0.2) is 23.9 Å². The summed E-state index contributed by atoms with van der Waals surface area (Å²) in [5.41, 5.74) is 1.20. The smallest absolute Gasteiger partial charge is 0.241 e. The van der Waals surface area contributed by atoms with E-state index in [1.165, 1.54) is 6.07 Å². The van der Waals surface area contributed by atoms with Crippen LogP contribution < -0.4 is 5.32 Å². The lowest BCUT2D eigenvalue weighted by Gasteiger charge is -2.24. The monoisotopic (exact) mass is 320 g/mol. The molecule has 1 atom stereocenters. The van der Waals surface area contributed by atoms with Crippen LogP contribution in [-0.2, 0) is 11.3 Å². The summed E-state index contributed by atoms with van der Waals surface area (Å²) in [6, 6.07) is 13.1. The summed E-state index contributed by atoms with van der Waals surface area (Å²) in [6.45, 7) is 2.14. The highest BCUT2D eigenvalue weighted by Gasteiger charge is 2.19. The zero-order valence-electron chi connectivity index (χ0n) is 12.5. The molecule has 116 valence electrons. The third-order valence-electron chi connectivity index (χ3n) is 3.51. The van der Waals surface area contributed by atoms with Gasteiger partial charge < -0.3 is 5.32 Å². The lowest BCUT2D eigenvalue weighted by atomic mass is 10.1. The van der Waals surface area contributed by atoms with E-state index in [0.717, 1.165) is 0 Å². The number of rotatable bonds is 5. The Labute approximate surface area is 134 Å². The van der Waals surface area contributed by atoms with Crippen LogP contribution in [0.4, 0.5) is 10.1 Å². The van der Waals surface area contributed by atoms with Gasteiger partial charge in [0.05, 0.1) is 6.04 Å². The van der Waals surface area contributed by atoms with Crippen LogP contribution in [0, 0.1) is 5.82 Å². The van der Waals surface area contributed by atoms with Gasteiger partial charge in [0.25, 0.3) is 0 Å². The Bertz CT molecular complexity index is 663. The van der Waals surface area contributed by atoms with Crippen LogP contribution in [0.2, 0.25) is 5.02 Å². The molecule has 0 aliphatic carbocycles. The summed E-state index contributed by atoms with van der Waals surface area (Å²) in [7, 11) is 1.79. The third kappa shape index (κ3) is 4.29. The molecule has 0 heterocycles. The van der Waals surface area contributed by atoms with Crippen LogP contribution in [0.3, 0.4) is 0 Å². The van der Waals surface area contributed by atoms with E-state index in [1.807, 2.05) is 0 Å². The van der Waals surface area contributed by atoms with Crippen molar-refractivity contribution in [1.82, 2.24) is 4.90 Å². The molecular formula is C17H18ClFN2O. The molecule has 5 heteroatoms. The largest absolute Gasteiger partial charge is 0.325 e. The van der Waals surface area contributed by atoms with Gasteiger partial charge in [-0.3, -0.25) is 9.69 Å². The quantitative estimate of drug-likeness (QED) is 0.905. The maximum atomic E-state index is 13.7. The van der Waals surface area contributed by atoms with Crippen molar-refractivity contribution in [2.75, 3.05) is 12.4 Å². The van der Waals surface area contributed by atoms with E-state index in [2.05, 4.69) is 5.32 Å². The summed E-state index contributed by atoms with van der Waals surface area (Å²) < 4.78 is 13.7. The summed E-state index contributed by atoms with van der Waals surface area (Å²) in [6.07, 6.45) is 0. The number of hydrogen-bond acceptors (Lipinski definition) is 2. The summed E-state index contributed by atoms with van der Waals surface area (Å²) >= 11 is 5.89. The van der Waals surface area contributed by atoms with E-state index >= 15 is 0 Å². The van der Waals surface area contributed by atoms with Crippen molar-refractivity contribution in [3.05, 3.63) is 64.9 Å². The summed E-state index contributed by atoms with van der Waals surface area (Å²) in [5.74, 6) is -0.432. The minimum atomic E-state index is -0.404. The first-order valence-electron chi connectivity index (χ1n) is 6.97. The lowest BCUT2D eigenvalue weighted by Crippen LogP contribution is -2.39. The average Bonchev–Trinajstić information content (AvgIpc) is 2.48. The number of carbonyl (C=O) groups excluding carboxylic acids is 1. The second-order valence-corrected chi connectivity index (χ2v) is 5.62. The Morgan fingerprint density at radius 3 is 2.68 bits per heavy atom. The van der Waals surface area contributed by atoms with Gasteiger partial charge in [-0.15, -0.1) is 0 Å². The van der Waals surface area contributed by atoms with Crippen LogP contribution >= 0.6 is 11.6 Å². The lowest BCUT2D eigenvalue weighted by molar-refractivity contribution is -0.120. The molecule has 0 spiro atoms. The van der Waals surface area contributed by atoms with E-state index in [9.17, 15) is 9.18 Å². The first-order valence-corrected chi connectivity index (χ1v) is 7.35. The fraction of sp³-hybridized carbons (Fsp3) is 0.235. The van der Waals surface area contributed by atoms with Gasteiger partial charge in [0.15, 0.2) is 0 Å².